The Morgan fingerprint density at radius 3 is 1.93 bits per heavy atom. The SMILES string of the molecule is F[B-](F)(F)c1cc(Br)cc(C(F)(F)F)c1. The van der Waals surface area contributed by atoms with Crippen LogP contribution in [0, 0.1) is 0 Å². The molecule has 0 unspecified atom stereocenters. The number of benzene rings is 1. The highest BCUT2D eigenvalue weighted by atomic mass is 79.9. The van der Waals surface area contributed by atoms with Gasteiger partial charge in [-0.2, -0.15) is 13.2 Å². The van der Waals surface area contributed by atoms with Gasteiger partial charge in [-0.15, -0.1) is 5.46 Å². The monoisotopic (exact) mass is 291 g/mol. The van der Waals surface area contributed by atoms with Crippen molar-refractivity contribution < 1.29 is 26.1 Å². The number of halogens is 7. The molecule has 0 atom stereocenters. The second-order valence-electron chi connectivity index (χ2n) is 2.85. The van der Waals surface area contributed by atoms with Crippen molar-refractivity contribution in [1.29, 1.82) is 0 Å². The third kappa shape index (κ3) is 3.15. The van der Waals surface area contributed by atoms with Crippen LogP contribution in [0.4, 0.5) is 26.1 Å². The molecule has 0 N–H and O–H groups in total. The van der Waals surface area contributed by atoms with Crippen LogP contribution >= 0.6 is 15.9 Å². The third-order valence-corrected chi connectivity index (χ3v) is 2.08. The maximum absolute atomic E-state index is 12.2. The Hall–Kier alpha value is -0.655. The van der Waals surface area contributed by atoms with Crippen molar-refractivity contribution in [2.24, 2.45) is 0 Å². The van der Waals surface area contributed by atoms with Crippen LogP contribution in [0.25, 0.3) is 0 Å². The average molecular weight is 292 g/mol. The quantitative estimate of drug-likeness (QED) is 0.549. The fourth-order valence-electron chi connectivity index (χ4n) is 0.965. The summed E-state index contributed by atoms with van der Waals surface area (Å²) in [5, 5.41) is 0. The molecule has 1 aromatic rings. The lowest BCUT2D eigenvalue weighted by Gasteiger charge is -2.17. The van der Waals surface area contributed by atoms with Gasteiger partial charge in [0.2, 0.25) is 0 Å². The molecule has 1 rings (SSSR count). The molecule has 0 radical (unpaired) electrons. The number of hydrogen-bond donors (Lipinski definition) is 0. The van der Waals surface area contributed by atoms with E-state index in [0.717, 1.165) is 0 Å². The molecule has 0 saturated carbocycles. The van der Waals surface area contributed by atoms with Gasteiger partial charge in [0.15, 0.2) is 0 Å². The molecule has 1 aromatic carbocycles. The van der Waals surface area contributed by atoms with Crippen LogP contribution in [0.15, 0.2) is 22.7 Å². The average Bonchev–Trinajstić information content (AvgIpc) is 1.99. The van der Waals surface area contributed by atoms with Crippen LogP contribution in [0.3, 0.4) is 0 Å². The van der Waals surface area contributed by atoms with Crippen LogP contribution in [-0.2, 0) is 6.18 Å². The molecule has 0 spiro atoms. The summed E-state index contributed by atoms with van der Waals surface area (Å²) >= 11 is 2.61. The molecular weight excluding hydrogens is 289 g/mol. The van der Waals surface area contributed by atoms with Crippen molar-refractivity contribution in [3.05, 3.63) is 28.2 Å². The molecule has 0 heterocycles. The summed E-state index contributed by atoms with van der Waals surface area (Å²) < 4.78 is 72.9. The molecule has 0 aliphatic rings. The van der Waals surface area contributed by atoms with E-state index in [0.29, 0.717) is 12.1 Å². The van der Waals surface area contributed by atoms with Crippen LogP contribution in [0.1, 0.15) is 5.56 Å². The molecule has 0 aromatic heterocycles. The summed E-state index contributed by atoms with van der Waals surface area (Å²) in [5.41, 5.74) is -2.58. The molecular formula is C7H3BBrF6-. The minimum atomic E-state index is -5.43. The first kappa shape index (κ1) is 12.4. The first-order valence-electron chi connectivity index (χ1n) is 3.68. The Balaban J connectivity index is 3.30. The Morgan fingerprint density at radius 1 is 1.00 bits per heavy atom. The number of rotatable bonds is 1. The first-order chi connectivity index (χ1) is 6.60. The number of hydrogen-bond acceptors (Lipinski definition) is 0. The topological polar surface area (TPSA) is 0 Å². The first-order valence-corrected chi connectivity index (χ1v) is 4.47. The van der Waals surface area contributed by atoms with Crippen molar-refractivity contribution in [2.75, 3.05) is 0 Å². The predicted molar refractivity (Wildman–Crippen MR) is 47.9 cm³/mol. The van der Waals surface area contributed by atoms with Gasteiger partial charge in [-0.05, 0) is 6.07 Å². The summed E-state index contributed by atoms with van der Waals surface area (Å²) in [7, 11) is 0. The summed E-state index contributed by atoms with van der Waals surface area (Å²) in [5.74, 6) is 0. The molecule has 0 aliphatic carbocycles. The summed E-state index contributed by atoms with van der Waals surface area (Å²) in [6.45, 7) is -5.43. The van der Waals surface area contributed by atoms with Crippen molar-refractivity contribution >= 4 is 28.4 Å². The Morgan fingerprint density at radius 2 is 1.53 bits per heavy atom. The maximum Gasteiger partial charge on any atom is 0.509 e. The van der Waals surface area contributed by atoms with Gasteiger partial charge in [0.1, 0.15) is 0 Å². The van der Waals surface area contributed by atoms with E-state index in [-0.39, 0.29) is 10.5 Å². The van der Waals surface area contributed by atoms with E-state index in [1.807, 2.05) is 0 Å². The van der Waals surface area contributed by atoms with Crippen LogP contribution in [-0.4, -0.2) is 6.98 Å². The van der Waals surface area contributed by atoms with E-state index in [1.54, 1.807) is 0 Å². The predicted octanol–water partition coefficient (Wildman–Crippen LogP) is 3.52. The normalized spacial score (nSPS) is 13.0. The highest BCUT2D eigenvalue weighted by molar-refractivity contribution is 9.10. The number of alkyl halides is 3. The third-order valence-electron chi connectivity index (χ3n) is 1.63. The van der Waals surface area contributed by atoms with E-state index in [4.69, 9.17) is 0 Å². The van der Waals surface area contributed by atoms with Gasteiger partial charge in [0.05, 0.1) is 5.56 Å². The van der Waals surface area contributed by atoms with Crippen LogP contribution in [0.2, 0.25) is 0 Å². The maximum atomic E-state index is 12.2. The van der Waals surface area contributed by atoms with E-state index in [9.17, 15) is 26.1 Å². The van der Waals surface area contributed by atoms with E-state index >= 15 is 0 Å². The lowest BCUT2D eigenvalue weighted by atomic mass is 9.79. The molecule has 0 fully saturated rings. The van der Waals surface area contributed by atoms with Crippen LogP contribution < -0.4 is 5.46 Å². The Labute approximate surface area is 89.5 Å². The lowest BCUT2D eigenvalue weighted by Crippen LogP contribution is -2.34. The molecule has 0 nitrogen and oxygen atoms in total. The highest BCUT2D eigenvalue weighted by Gasteiger charge is 2.34. The van der Waals surface area contributed by atoms with Crippen molar-refractivity contribution in [1.82, 2.24) is 0 Å². The summed E-state index contributed by atoms with van der Waals surface area (Å²) in [6.07, 6.45) is -4.78. The van der Waals surface area contributed by atoms with E-state index in [2.05, 4.69) is 15.9 Å². The van der Waals surface area contributed by atoms with Gasteiger partial charge < -0.3 is 12.9 Å². The molecule has 15 heavy (non-hydrogen) atoms. The smallest absolute Gasteiger partial charge is 0.445 e. The van der Waals surface area contributed by atoms with Gasteiger partial charge in [-0.1, -0.05) is 28.1 Å². The fraction of sp³-hybridized carbons (Fsp3) is 0.143. The Kier molecular flexibility index (Phi) is 3.09. The zero-order valence-corrected chi connectivity index (χ0v) is 8.54. The molecule has 0 bridgehead atoms. The van der Waals surface area contributed by atoms with Crippen molar-refractivity contribution in [2.45, 2.75) is 6.18 Å². The second-order valence-corrected chi connectivity index (χ2v) is 3.76. The zero-order chi connectivity index (χ0) is 11.9. The second kappa shape index (κ2) is 3.73. The van der Waals surface area contributed by atoms with E-state index in [1.165, 1.54) is 0 Å². The molecule has 0 saturated heterocycles. The molecule has 0 aliphatic heterocycles. The van der Waals surface area contributed by atoms with Crippen LogP contribution in [0.5, 0.6) is 0 Å². The standard InChI is InChI=1S/C7H3BBrF6/c9-6-2-4(7(10,11)12)1-5(3-6)8(13,14)15/h1-3H/q-1. The van der Waals surface area contributed by atoms with Gasteiger partial charge in [-0.25, -0.2) is 0 Å². The summed E-state index contributed by atoms with van der Waals surface area (Å²) in [4.78, 5) is 0. The molecule has 0 amide bonds. The van der Waals surface area contributed by atoms with E-state index < -0.39 is 24.2 Å². The van der Waals surface area contributed by atoms with Gasteiger partial charge in [0.25, 0.3) is 0 Å². The largest absolute Gasteiger partial charge is 0.509 e. The zero-order valence-electron chi connectivity index (χ0n) is 6.96. The minimum absolute atomic E-state index is 0.102. The van der Waals surface area contributed by atoms with Crippen molar-refractivity contribution in [3.8, 4) is 0 Å². The minimum Gasteiger partial charge on any atom is -0.445 e. The Bertz CT molecular complexity index is 336. The molecule has 8 heteroatoms. The molecule has 84 valence electrons. The van der Waals surface area contributed by atoms with Gasteiger partial charge in [-0.3, -0.25) is 0 Å². The highest BCUT2D eigenvalue weighted by Crippen LogP contribution is 2.31. The summed E-state index contributed by atoms with van der Waals surface area (Å²) in [6, 6.07) is 1.32. The van der Waals surface area contributed by atoms with Crippen molar-refractivity contribution in [3.63, 3.8) is 0 Å². The van der Waals surface area contributed by atoms with Gasteiger partial charge >= 0.3 is 13.2 Å². The van der Waals surface area contributed by atoms with Gasteiger partial charge in [0, 0.05) is 4.47 Å². The fourth-order valence-corrected chi connectivity index (χ4v) is 1.48. The lowest BCUT2D eigenvalue weighted by molar-refractivity contribution is -0.137.